The van der Waals surface area contributed by atoms with Crippen LogP contribution in [0.15, 0.2) is 44.8 Å². The summed E-state index contributed by atoms with van der Waals surface area (Å²) in [5.41, 5.74) is 10.3. The van der Waals surface area contributed by atoms with Crippen molar-refractivity contribution in [1.29, 1.82) is 0 Å². The van der Waals surface area contributed by atoms with Crippen molar-refractivity contribution in [3.8, 4) is 17.1 Å². The van der Waals surface area contributed by atoms with Crippen LogP contribution < -0.4 is 15.9 Å². The molecule has 0 saturated heterocycles. The van der Waals surface area contributed by atoms with Gasteiger partial charge in [-0.2, -0.15) is 5.10 Å². The molecule has 10 heteroatoms. The number of amidine groups is 1. The number of hydrogen-bond acceptors (Lipinski definition) is 7. The van der Waals surface area contributed by atoms with Crippen LogP contribution in [0.5, 0.6) is 5.75 Å². The van der Waals surface area contributed by atoms with E-state index in [9.17, 15) is 4.79 Å². The van der Waals surface area contributed by atoms with Crippen LogP contribution in [0.2, 0.25) is 5.15 Å². The van der Waals surface area contributed by atoms with Crippen molar-refractivity contribution in [3.05, 3.63) is 73.9 Å². The average Bonchev–Trinajstić information content (AvgIpc) is 3.46. The van der Waals surface area contributed by atoms with Crippen LogP contribution in [-0.4, -0.2) is 25.8 Å². The number of halogens is 1. The predicted octanol–water partition coefficient (Wildman–Crippen LogP) is 4.50. The summed E-state index contributed by atoms with van der Waals surface area (Å²) in [5, 5.41) is 17.3. The first kappa shape index (κ1) is 22.9. The molecule has 3 aromatic heterocycles. The zero-order valence-electron chi connectivity index (χ0n) is 19.5. The van der Waals surface area contributed by atoms with Crippen molar-refractivity contribution in [2.45, 2.75) is 46.3 Å². The van der Waals surface area contributed by atoms with Gasteiger partial charge in [0.25, 0.3) is 0 Å². The lowest BCUT2D eigenvalue weighted by Crippen LogP contribution is -2.18. The molecule has 0 fully saturated rings. The lowest BCUT2D eigenvalue weighted by atomic mass is 9.99. The summed E-state index contributed by atoms with van der Waals surface area (Å²) in [4.78, 5) is 17.6. The summed E-state index contributed by atoms with van der Waals surface area (Å²) in [6.07, 6.45) is 3.10. The highest BCUT2D eigenvalue weighted by molar-refractivity contribution is 6.29. The van der Waals surface area contributed by atoms with Crippen LogP contribution in [0.1, 0.15) is 47.5 Å². The van der Waals surface area contributed by atoms with Gasteiger partial charge in [0.15, 0.2) is 17.0 Å². The van der Waals surface area contributed by atoms with Crippen LogP contribution in [0, 0.1) is 13.8 Å². The number of ether oxygens (including phenoxy) is 1. The van der Waals surface area contributed by atoms with E-state index in [4.69, 9.17) is 31.7 Å². The number of aromatic nitrogens is 3. The molecule has 5 rings (SSSR count). The van der Waals surface area contributed by atoms with Crippen molar-refractivity contribution >= 4 is 28.4 Å². The van der Waals surface area contributed by atoms with E-state index in [1.807, 2.05) is 30.7 Å². The van der Waals surface area contributed by atoms with Gasteiger partial charge in [0, 0.05) is 23.4 Å². The number of aryl methyl sites for hydroxylation is 2. The molecule has 9 nitrogen and oxygen atoms in total. The maximum atomic E-state index is 13.4. The van der Waals surface area contributed by atoms with E-state index < -0.39 is 6.10 Å². The van der Waals surface area contributed by atoms with E-state index in [2.05, 4.69) is 15.2 Å². The number of nitrogens with zero attached hydrogens (tertiary/aromatic N) is 4. The summed E-state index contributed by atoms with van der Waals surface area (Å²) in [5.74, 6) is 0.563. The molecule has 1 atom stereocenters. The van der Waals surface area contributed by atoms with Gasteiger partial charge in [0.05, 0.1) is 17.1 Å². The van der Waals surface area contributed by atoms with Gasteiger partial charge in [-0.15, -0.1) is 0 Å². The standard InChI is InChI=1S/C25H24ClN5O4/c1-12-9-15(14(3)34-19-6-7-20(26)29-21(19)25(27)30-33)24-16(10-12)22(32)13(2)23(35-24)17-11-28-31-8-4-5-18(17)31/h6-7,9-11,14,33H,4-5,8H2,1-3H3,(H2,27,30)/t14-/m1/s1. The Bertz CT molecular complexity index is 1560. The van der Waals surface area contributed by atoms with Crippen LogP contribution in [0.3, 0.4) is 0 Å². The Morgan fingerprint density at radius 3 is 2.91 bits per heavy atom. The fraction of sp³-hybridized carbons (Fsp3) is 0.280. The molecule has 0 aliphatic carbocycles. The molecule has 3 N–H and O–H groups in total. The maximum absolute atomic E-state index is 13.4. The molecule has 1 aromatic carbocycles. The molecular formula is C25H24ClN5O4. The molecule has 180 valence electrons. The van der Waals surface area contributed by atoms with Crippen molar-refractivity contribution in [2.24, 2.45) is 10.9 Å². The minimum Gasteiger partial charge on any atom is -0.483 e. The molecule has 0 saturated carbocycles. The zero-order chi connectivity index (χ0) is 24.9. The normalized spacial score (nSPS) is 14.3. The first-order valence-electron chi connectivity index (χ1n) is 11.2. The van der Waals surface area contributed by atoms with Crippen molar-refractivity contribution in [3.63, 3.8) is 0 Å². The lowest BCUT2D eigenvalue weighted by molar-refractivity contribution is 0.225. The Morgan fingerprint density at radius 1 is 1.34 bits per heavy atom. The van der Waals surface area contributed by atoms with E-state index in [0.29, 0.717) is 27.9 Å². The summed E-state index contributed by atoms with van der Waals surface area (Å²) < 4.78 is 14.6. The second-order valence-corrected chi connectivity index (χ2v) is 9.06. The topological polar surface area (TPSA) is 129 Å². The number of pyridine rings is 1. The van der Waals surface area contributed by atoms with E-state index >= 15 is 0 Å². The number of benzene rings is 1. The molecule has 0 bridgehead atoms. The molecule has 0 spiro atoms. The highest BCUT2D eigenvalue weighted by atomic mass is 35.5. The predicted molar refractivity (Wildman–Crippen MR) is 132 cm³/mol. The third kappa shape index (κ3) is 3.91. The molecule has 0 radical (unpaired) electrons. The van der Waals surface area contributed by atoms with E-state index in [0.717, 1.165) is 36.2 Å². The third-order valence-corrected chi connectivity index (χ3v) is 6.50. The second kappa shape index (κ2) is 8.74. The Labute approximate surface area is 205 Å². The highest BCUT2D eigenvalue weighted by Gasteiger charge is 2.25. The van der Waals surface area contributed by atoms with Crippen LogP contribution >= 0.6 is 11.6 Å². The summed E-state index contributed by atoms with van der Waals surface area (Å²) in [6, 6.07) is 6.89. The SMILES string of the molecule is Cc1cc([C@@H](C)Oc2ccc(Cl)nc2C(N)=NO)c2oc(-c3cnn4c3CCC4)c(C)c(=O)c2c1. The number of fused-ring (bicyclic) bond motifs is 2. The highest BCUT2D eigenvalue weighted by Crippen LogP contribution is 2.35. The third-order valence-electron chi connectivity index (χ3n) is 6.29. The van der Waals surface area contributed by atoms with Gasteiger partial charge in [-0.05, 0) is 63.4 Å². The average molecular weight is 494 g/mol. The summed E-state index contributed by atoms with van der Waals surface area (Å²) in [7, 11) is 0. The Hall–Kier alpha value is -3.85. The van der Waals surface area contributed by atoms with Crippen LogP contribution in [0.4, 0.5) is 0 Å². The molecular weight excluding hydrogens is 470 g/mol. The summed E-state index contributed by atoms with van der Waals surface area (Å²) in [6.45, 7) is 6.38. The van der Waals surface area contributed by atoms with E-state index in [1.165, 1.54) is 0 Å². The zero-order valence-corrected chi connectivity index (χ0v) is 20.3. The molecule has 4 heterocycles. The largest absolute Gasteiger partial charge is 0.483 e. The lowest BCUT2D eigenvalue weighted by Gasteiger charge is -2.19. The van der Waals surface area contributed by atoms with Crippen molar-refractivity contribution in [1.82, 2.24) is 14.8 Å². The molecule has 0 amide bonds. The molecule has 1 aliphatic rings. The van der Waals surface area contributed by atoms with Crippen molar-refractivity contribution in [2.75, 3.05) is 0 Å². The van der Waals surface area contributed by atoms with Gasteiger partial charge in [0.2, 0.25) is 0 Å². The first-order valence-corrected chi connectivity index (χ1v) is 11.6. The van der Waals surface area contributed by atoms with Crippen LogP contribution in [0.25, 0.3) is 22.3 Å². The minimum atomic E-state index is -0.567. The molecule has 1 aliphatic heterocycles. The van der Waals surface area contributed by atoms with Gasteiger partial charge in [0.1, 0.15) is 28.3 Å². The number of rotatable bonds is 5. The second-order valence-electron chi connectivity index (χ2n) is 8.67. The summed E-state index contributed by atoms with van der Waals surface area (Å²) >= 11 is 5.99. The Balaban J connectivity index is 1.66. The van der Waals surface area contributed by atoms with Gasteiger partial charge >= 0.3 is 0 Å². The molecule has 0 unspecified atom stereocenters. The number of hydrogen-bond donors (Lipinski definition) is 2. The van der Waals surface area contributed by atoms with Gasteiger partial charge in [-0.3, -0.25) is 9.48 Å². The van der Waals surface area contributed by atoms with Crippen molar-refractivity contribution < 1.29 is 14.4 Å². The fourth-order valence-electron chi connectivity index (χ4n) is 4.58. The molecule has 35 heavy (non-hydrogen) atoms. The Kier molecular flexibility index (Phi) is 5.72. The number of oxime groups is 1. The van der Waals surface area contributed by atoms with E-state index in [1.54, 1.807) is 25.3 Å². The monoisotopic (exact) mass is 493 g/mol. The smallest absolute Gasteiger partial charge is 0.196 e. The van der Waals surface area contributed by atoms with Gasteiger partial charge in [-0.1, -0.05) is 16.8 Å². The van der Waals surface area contributed by atoms with Crippen LogP contribution in [-0.2, 0) is 13.0 Å². The first-order chi connectivity index (χ1) is 16.8. The Morgan fingerprint density at radius 2 is 2.14 bits per heavy atom. The van der Waals surface area contributed by atoms with Gasteiger partial charge in [-0.25, -0.2) is 4.98 Å². The fourth-order valence-corrected chi connectivity index (χ4v) is 4.73. The maximum Gasteiger partial charge on any atom is 0.196 e. The quantitative estimate of drug-likeness (QED) is 0.138. The number of nitrogens with two attached hydrogens (primary N) is 1. The minimum absolute atomic E-state index is 0.0955. The van der Waals surface area contributed by atoms with Gasteiger partial charge < -0.3 is 20.1 Å². The molecule has 4 aromatic rings. The van der Waals surface area contributed by atoms with E-state index in [-0.39, 0.29) is 27.9 Å².